The summed E-state index contributed by atoms with van der Waals surface area (Å²) in [7, 11) is 1.62. The van der Waals surface area contributed by atoms with E-state index in [2.05, 4.69) is 81.1 Å². The second-order valence-electron chi connectivity index (χ2n) is 12.0. The van der Waals surface area contributed by atoms with Gasteiger partial charge in [0.15, 0.2) is 17.3 Å². The molecule has 1 unspecified atom stereocenters. The Kier molecular flexibility index (Phi) is 10.6. The van der Waals surface area contributed by atoms with E-state index in [4.69, 9.17) is 18.6 Å². The van der Waals surface area contributed by atoms with Gasteiger partial charge < -0.3 is 23.5 Å². The number of carbonyl (C=O) groups excluding carboxylic acids is 2. The second kappa shape index (κ2) is 14.1. The number of hydrogen-bond donors (Lipinski definition) is 0. The molecule has 0 aliphatic carbocycles. The lowest BCUT2D eigenvalue weighted by Crippen LogP contribution is -2.67. The normalized spacial score (nSPS) is 15.6. The van der Waals surface area contributed by atoms with E-state index in [1.165, 1.54) is 24.6 Å². The lowest BCUT2D eigenvalue weighted by Gasteiger charge is -2.44. The van der Waals surface area contributed by atoms with Gasteiger partial charge in [-0.2, -0.15) is 0 Å². The van der Waals surface area contributed by atoms with E-state index in [-0.39, 0.29) is 23.3 Å². The lowest BCUT2D eigenvalue weighted by molar-refractivity contribution is 0.0914. The molecule has 4 rings (SSSR count). The van der Waals surface area contributed by atoms with Gasteiger partial charge in [0.05, 0.1) is 21.3 Å². The maximum Gasteiger partial charge on any atom is 0.409 e. The van der Waals surface area contributed by atoms with Crippen molar-refractivity contribution in [3.8, 4) is 23.3 Å². The highest BCUT2D eigenvalue weighted by Crippen LogP contribution is 2.37. The molecule has 0 N–H and O–H groups in total. The van der Waals surface area contributed by atoms with Crippen LogP contribution in [0.5, 0.6) is 11.5 Å². The van der Waals surface area contributed by atoms with Crippen molar-refractivity contribution in [2.45, 2.75) is 64.1 Å². The Balaban J connectivity index is 1.73. The fraction of sp³-hybridized carbons (Fsp3) is 0.389. The monoisotopic (exact) mass is 613 g/mol. The van der Waals surface area contributed by atoms with Gasteiger partial charge in [0.1, 0.15) is 6.10 Å². The molecule has 232 valence electrons. The first kappa shape index (κ1) is 32.8. The molecular weight excluding hydrogens is 570 g/mol. The third-order valence-corrected chi connectivity index (χ3v) is 13.3. The predicted molar refractivity (Wildman–Crippen MR) is 176 cm³/mol. The molecule has 0 aromatic heterocycles. The Bertz CT molecular complexity index is 1470. The summed E-state index contributed by atoms with van der Waals surface area (Å²) in [5.41, 5.74) is 0.942. The minimum Gasteiger partial charge on any atom is -0.493 e. The lowest BCUT2D eigenvalue weighted by atomic mass is 9.97. The number of amides is 1. The van der Waals surface area contributed by atoms with E-state index in [0.717, 1.165) is 12.8 Å². The van der Waals surface area contributed by atoms with E-state index in [9.17, 15) is 9.59 Å². The van der Waals surface area contributed by atoms with E-state index < -0.39 is 20.5 Å². The summed E-state index contributed by atoms with van der Waals surface area (Å²) in [6.07, 6.45) is 0.846. The molecule has 0 bridgehead atoms. The summed E-state index contributed by atoms with van der Waals surface area (Å²) >= 11 is 0. The number of hydrogen-bond acceptors (Lipinski definition) is 6. The van der Waals surface area contributed by atoms with Gasteiger partial charge in [0.2, 0.25) is 0 Å². The van der Waals surface area contributed by atoms with Gasteiger partial charge in [-0.05, 0) is 41.2 Å². The fourth-order valence-corrected chi connectivity index (χ4v) is 10.7. The van der Waals surface area contributed by atoms with Crippen molar-refractivity contribution in [2.75, 3.05) is 27.9 Å². The molecule has 1 amide bonds. The number of carbonyl (C=O) groups is 2. The summed E-state index contributed by atoms with van der Waals surface area (Å²) < 4.78 is 23.2. The van der Waals surface area contributed by atoms with E-state index in [1.54, 1.807) is 24.1 Å². The minimum absolute atomic E-state index is 0.128. The van der Waals surface area contributed by atoms with Crippen LogP contribution in [0.25, 0.3) is 0 Å². The molecular formula is C36H43NO6Si. The Morgan fingerprint density at radius 2 is 1.50 bits per heavy atom. The number of methoxy groups -OCH3 is 3. The highest BCUT2D eigenvalue weighted by Gasteiger charge is 2.51. The van der Waals surface area contributed by atoms with Crippen molar-refractivity contribution in [2.24, 2.45) is 0 Å². The second-order valence-corrected chi connectivity index (χ2v) is 16.3. The zero-order chi connectivity index (χ0) is 31.9. The molecule has 0 saturated carbocycles. The van der Waals surface area contributed by atoms with Gasteiger partial charge in [-0.1, -0.05) is 93.3 Å². The SMILES string of the molecule is COC(=O)N1CCCC1CC(=O)c1cc(OC)c(OC)cc1C#C[C@@H](C)O[Si](c1ccccc1)(c1ccccc1)C(C)(C)C. The molecule has 44 heavy (non-hydrogen) atoms. The maximum atomic E-state index is 13.8. The average molecular weight is 614 g/mol. The Labute approximate surface area is 262 Å². The summed E-state index contributed by atoms with van der Waals surface area (Å²) in [5.74, 6) is 7.35. The number of rotatable bonds is 9. The highest BCUT2D eigenvalue weighted by atomic mass is 28.4. The van der Waals surface area contributed by atoms with E-state index in [1.807, 2.05) is 19.1 Å². The molecule has 1 fully saturated rings. The van der Waals surface area contributed by atoms with Crippen molar-refractivity contribution < 1.29 is 28.2 Å². The van der Waals surface area contributed by atoms with Crippen molar-refractivity contribution in [1.82, 2.24) is 4.90 Å². The van der Waals surface area contributed by atoms with Crippen LogP contribution in [-0.2, 0) is 9.16 Å². The van der Waals surface area contributed by atoms with Gasteiger partial charge in [0.25, 0.3) is 8.32 Å². The maximum absolute atomic E-state index is 13.8. The molecule has 0 radical (unpaired) electrons. The third-order valence-electron chi connectivity index (χ3n) is 8.21. The number of likely N-dealkylation sites (tertiary alicyclic amines) is 1. The molecule has 8 heteroatoms. The van der Waals surface area contributed by atoms with Crippen LogP contribution < -0.4 is 19.8 Å². The standard InChI is InChI=1S/C36H43NO6Si/c1-26(43-44(36(2,3)4,29-16-10-8-11-17-29)30-18-12-9-13-19-30)20-21-27-23-33(40-5)34(41-6)25-31(27)32(38)24-28-15-14-22-37(28)35(39)42-7/h8-13,16-19,23,25-26,28H,14-15,22,24H2,1-7H3/t26-,28?/m1/s1. The summed E-state index contributed by atoms with van der Waals surface area (Å²) in [5, 5.41) is 2.13. The van der Waals surface area contributed by atoms with Crippen LogP contribution >= 0.6 is 0 Å². The molecule has 1 heterocycles. The Morgan fingerprint density at radius 3 is 2.02 bits per heavy atom. The van der Waals surface area contributed by atoms with E-state index in [0.29, 0.717) is 29.2 Å². The minimum atomic E-state index is -2.83. The topological polar surface area (TPSA) is 74.3 Å². The van der Waals surface area contributed by atoms with Crippen molar-refractivity contribution in [1.29, 1.82) is 0 Å². The van der Waals surface area contributed by atoms with Gasteiger partial charge in [-0.25, -0.2) is 4.79 Å². The van der Waals surface area contributed by atoms with Crippen LogP contribution in [0.15, 0.2) is 72.8 Å². The molecule has 1 aliphatic rings. The van der Waals surface area contributed by atoms with Crippen molar-refractivity contribution >= 4 is 30.6 Å². The van der Waals surface area contributed by atoms with E-state index >= 15 is 0 Å². The molecule has 1 aliphatic heterocycles. The average Bonchev–Trinajstić information content (AvgIpc) is 3.49. The van der Waals surface area contributed by atoms with Crippen LogP contribution in [0.2, 0.25) is 5.04 Å². The van der Waals surface area contributed by atoms with Crippen molar-refractivity contribution in [3.05, 3.63) is 83.9 Å². The van der Waals surface area contributed by atoms with Crippen LogP contribution in [0.3, 0.4) is 0 Å². The Hall–Kier alpha value is -4.06. The largest absolute Gasteiger partial charge is 0.493 e. The number of benzene rings is 3. The van der Waals surface area contributed by atoms with Crippen LogP contribution in [-0.4, -0.2) is 65.1 Å². The number of ether oxygens (including phenoxy) is 3. The summed E-state index contributed by atoms with van der Waals surface area (Å²) in [6, 6.07) is 24.0. The van der Waals surface area contributed by atoms with Gasteiger partial charge >= 0.3 is 6.09 Å². The quantitative estimate of drug-likeness (QED) is 0.172. The first-order valence-electron chi connectivity index (χ1n) is 15.0. The Morgan fingerprint density at radius 1 is 0.932 bits per heavy atom. The van der Waals surface area contributed by atoms with Crippen molar-refractivity contribution in [3.63, 3.8) is 0 Å². The number of ketones is 1. The summed E-state index contributed by atoms with van der Waals surface area (Å²) in [6.45, 7) is 9.21. The van der Waals surface area contributed by atoms with Gasteiger partial charge in [-0.3, -0.25) is 4.79 Å². The zero-order valence-electron chi connectivity index (χ0n) is 26.8. The van der Waals surface area contributed by atoms with Gasteiger partial charge in [-0.15, -0.1) is 0 Å². The zero-order valence-corrected chi connectivity index (χ0v) is 27.8. The van der Waals surface area contributed by atoms with Crippen LogP contribution in [0.1, 0.15) is 62.9 Å². The third kappa shape index (κ3) is 6.85. The number of Topliss-reactive ketones (excluding diaryl/α,β-unsaturated/α-hetero) is 1. The molecule has 3 aromatic carbocycles. The molecule has 1 saturated heterocycles. The number of nitrogens with zero attached hydrogens (tertiary/aromatic N) is 1. The molecule has 0 spiro atoms. The van der Waals surface area contributed by atoms with Crippen LogP contribution in [0, 0.1) is 11.8 Å². The molecule has 2 atom stereocenters. The predicted octanol–water partition coefficient (Wildman–Crippen LogP) is 5.82. The first-order chi connectivity index (χ1) is 21.0. The fourth-order valence-electron chi connectivity index (χ4n) is 6.11. The molecule has 7 nitrogen and oxygen atoms in total. The summed E-state index contributed by atoms with van der Waals surface area (Å²) in [4.78, 5) is 27.7. The highest BCUT2D eigenvalue weighted by molar-refractivity contribution is 6.99. The van der Waals surface area contributed by atoms with Gasteiger partial charge in [0, 0.05) is 36.2 Å². The molecule has 3 aromatic rings. The first-order valence-corrected chi connectivity index (χ1v) is 16.9. The van der Waals surface area contributed by atoms with Crippen LogP contribution in [0.4, 0.5) is 4.79 Å². The smallest absolute Gasteiger partial charge is 0.409 e.